The molecule has 4 nitrogen and oxygen atoms in total. The van der Waals surface area contributed by atoms with Gasteiger partial charge in [0.05, 0.1) is 6.04 Å². The summed E-state index contributed by atoms with van der Waals surface area (Å²) in [7, 11) is 0. The maximum atomic E-state index is 12.0. The molecule has 4 heteroatoms. The first-order valence-electron chi connectivity index (χ1n) is 7.46. The zero-order chi connectivity index (χ0) is 14.4. The summed E-state index contributed by atoms with van der Waals surface area (Å²) in [5, 5.41) is 12.2. The Balaban J connectivity index is 1.75. The van der Waals surface area contributed by atoms with Gasteiger partial charge in [0.2, 0.25) is 5.91 Å². The summed E-state index contributed by atoms with van der Waals surface area (Å²) in [4.78, 5) is 12.0. The van der Waals surface area contributed by atoms with Gasteiger partial charge in [-0.15, -0.1) is 0 Å². The molecule has 1 aliphatic rings. The largest absolute Gasteiger partial charge is 0.508 e. The van der Waals surface area contributed by atoms with Gasteiger partial charge in [0.15, 0.2) is 0 Å². The first-order chi connectivity index (χ1) is 9.65. The van der Waals surface area contributed by atoms with Gasteiger partial charge in [-0.3, -0.25) is 4.79 Å². The minimum Gasteiger partial charge on any atom is -0.508 e. The number of hydrogen-bond acceptors (Lipinski definition) is 3. The van der Waals surface area contributed by atoms with E-state index in [-0.39, 0.29) is 11.7 Å². The SMILES string of the molecule is N[C@@H](Cc1ccc(O)cc1)C(=O)NCC1CCCCC1. The van der Waals surface area contributed by atoms with Crippen LogP contribution in [0, 0.1) is 5.92 Å². The summed E-state index contributed by atoms with van der Waals surface area (Å²) in [5.74, 6) is 0.765. The molecule has 0 unspecified atom stereocenters. The lowest BCUT2D eigenvalue weighted by Gasteiger charge is -2.22. The number of rotatable bonds is 5. The van der Waals surface area contributed by atoms with Gasteiger partial charge in [-0.05, 0) is 42.9 Å². The molecular weight excluding hydrogens is 252 g/mol. The number of aromatic hydroxyl groups is 1. The molecule has 110 valence electrons. The van der Waals surface area contributed by atoms with Gasteiger partial charge in [-0.1, -0.05) is 31.4 Å². The Morgan fingerprint density at radius 1 is 1.25 bits per heavy atom. The molecule has 0 spiro atoms. The molecule has 1 fully saturated rings. The third kappa shape index (κ3) is 4.53. The van der Waals surface area contributed by atoms with Crippen LogP contribution in [0.15, 0.2) is 24.3 Å². The second-order valence-corrected chi connectivity index (χ2v) is 5.73. The Hall–Kier alpha value is -1.55. The van der Waals surface area contributed by atoms with E-state index >= 15 is 0 Å². The van der Waals surface area contributed by atoms with E-state index in [1.807, 2.05) is 0 Å². The topological polar surface area (TPSA) is 75.3 Å². The van der Waals surface area contributed by atoms with Crippen molar-refractivity contribution < 1.29 is 9.90 Å². The van der Waals surface area contributed by atoms with Crippen molar-refractivity contribution in [3.63, 3.8) is 0 Å². The Morgan fingerprint density at radius 3 is 2.55 bits per heavy atom. The summed E-state index contributed by atoms with van der Waals surface area (Å²) in [6, 6.07) is 6.29. The molecule has 0 radical (unpaired) electrons. The molecule has 0 heterocycles. The number of phenolic OH excluding ortho intramolecular Hbond substituents is 1. The van der Waals surface area contributed by atoms with Crippen molar-refractivity contribution in [2.24, 2.45) is 11.7 Å². The van der Waals surface area contributed by atoms with Crippen LogP contribution in [0.25, 0.3) is 0 Å². The standard InChI is InChI=1S/C16H24N2O2/c17-15(10-12-6-8-14(19)9-7-12)16(20)18-11-13-4-2-1-3-5-13/h6-9,13,15,19H,1-5,10-11,17H2,(H,18,20)/t15-/m0/s1. The number of hydrogen-bond donors (Lipinski definition) is 3. The fourth-order valence-electron chi connectivity index (χ4n) is 2.75. The molecule has 2 rings (SSSR count). The lowest BCUT2D eigenvalue weighted by Crippen LogP contribution is -2.43. The van der Waals surface area contributed by atoms with Gasteiger partial charge >= 0.3 is 0 Å². The highest BCUT2D eigenvalue weighted by molar-refractivity contribution is 5.81. The summed E-state index contributed by atoms with van der Waals surface area (Å²) >= 11 is 0. The van der Waals surface area contributed by atoms with Gasteiger partial charge in [0.1, 0.15) is 5.75 Å². The van der Waals surface area contributed by atoms with Crippen LogP contribution in [0.3, 0.4) is 0 Å². The first-order valence-corrected chi connectivity index (χ1v) is 7.46. The quantitative estimate of drug-likeness (QED) is 0.769. The van der Waals surface area contributed by atoms with Crippen LogP contribution >= 0.6 is 0 Å². The zero-order valence-corrected chi connectivity index (χ0v) is 11.8. The number of benzene rings is 1. The number of amides is 1. The van der Waals surface area contributed by atoms with E-state index in [1.165, 1.54) is 32.1 Å². The highest BCUT2D eigenvalue weighted by Gasteiger charge is 2.17. The normalized spacial score (nSPS) is 17.6. The van der Waals surface area contributed by atoms with Crippen molar-refractivity contribution in [1.82, 2.24) is 5.32 Å². The van der Waals surface area contributed by atoms with Gasteiger partial charge < -0.3 is 16.2 Å². The second-order valence-electron chi connectivity index (χ2n) is 5.73. The first kappa shape index (κ1) is 14.9. The van der Waals surface area contributed by atoms with Crippen LogP contribution in [0.4, 0.5) is 0 Å². The van der Waals surface area contributed by atoms with Crippen molar-refractivity contribution in [2.75, 3.05) is 6.54 Å². The van der Waals surface area contributed by atoms with Crippen LogP contribution in [0.5, 0.6) is 5.75 Å². The molecule has 0 saturated heterocycles. The minimum atomic E-state index is -0.525. The number of nitrogens with two attached hydrogens (primary N) is 1. The van der Waals surface area contributed by atoms with Crippen LogP contribution in [0.1, 0.15) is 37.7 Å². The van der Waals surface area contributed by atoms with Crippen LogP contribution in [0.2, 0.25) is 0 Å². The molecule has 1 amide bonds. The summed E-state index contributed by atoms with van der Waals surface area (Å²) < 4.78 is 0. The van der Waals surface area contributed by atoms with E-state index in [0.29, 0.717) is 12.3 Å². The van der Waals surface area contributed by atoms with E-state index in [2.05, 4.69) is 5.32 Å². The molecule has 0 bridgehead atoms. The van der Waals surface area contributed by atoms with Crippen LogP contribution in [-0.2, 0) is 11.2 Å². The Kier molecular flexibility index (Phi) is 5.41. The monoisotopic (exact) mass is 276 g/mol. The maximum absolute atomic E-state index is 12.0. The molecular formula is C16H24N2O2. The Morgan fingerprint density at radius 2 is 1.90 bits per heavy atom. The minimum absolute atomic E-state index is 0.0800. The number of carbonyl (C=O) groups is 1. The van der Waals surface area contributed by atoms with E-state index < -0.39 is 6.04 Å². The third-order valence-corrected chi connectivity index (χ3v) is 4.02. The lowest BCUT2D eigenvalue weighted by atomic mass is 9.89. The van der Waals surface area contributed by atoms with E-state index in [0.717, 1.165) is 12.1 Å². The van der Waals surface area contributed by atoms with Crippen molar-refractivity contribution in [3.05, 3.63) is 29.8 Å². The molecule has 1 aromatic rings. The average molecular weight is 276 g/mol. The fourth-order valence-corrected chi connectivity index (χ4v) is 2.75. The highest BCUT2D eigenvalue weighted by atomic mass is 16.3. The molecule has 0 aromatic heterocycles. The molecule has 1 saturated carbocycles. The van der Waals surface area contributed by atoms with Crippen LogP contribution in [-0.4, -0.2) is 23.6 Å². The Bertz CT molecular complexity index is 425. The molecule has 1 atom stereocenters. The van der Waals surface area contributed by atoms with Gasteiger partial charge in [-0.2, -0.15) is 0 Å². The fraction of sp³-hybridized carbons (Fsp3) is 0.562. The second kappa shape index (κ2) is 7.29. The predicted molar refractivity (Wildman–Crippen MR) is 79.4 cm³/mol. The average Bonchev–Trinajstić information content (AvgIpc) is 2.48. The lowest BCUT2D eigenvalue weighted by molar-refractivity contribution is -0.122. The van der Waals surface area contributed by atoms with Crippen molar-refractivity contribution in [1.29, 1.82) is 0 Å². The number of nitrogens with one attached hydrogen (secondary N) is 1. The summed E-state index contributed by atoms with van der Waals surface area (Å²) in [6.45, 7) is 0.752. The third-order valence-electron chi connectivity index (χ3n) is 4.02. The van der Waals surface area contributed by atoms with Crippen LogP contribution < -0.4 is 11.1 Å². The zero-order valence-electron chi connectivity index (χ0n) is 11.8. The number of phenols is 1. The van der Waals surface area contributed by atoms with Gasteiger partial charge in [0, 0.05) is 6.54 Å². The van der Waals surface area contributed by atoms with Crippen molar-refractivity contribution >= 4 is 5.91 Å². The van der Waals surface area contributed by atoms with Crippen molar-refractivity contribution in [2.45, 2.75) is 44.6 Å². The summed E-state index contributed by atoms with van der Waals surface area (Å²) in [6.07, 6.45) is 6.81. The molecule has 1 aromatic carbocycles. The number of carbonyl (C=O) groups excluding carboxylic acids is 1. The van der Waals surface area contributed by atoms with E-state index in [4.69, 9.17) is 5.73 Å². The highest BCUT2D eigenvalue weighted by Crippen LogP contribution is 2.22. The van der Waals surface area contributed by atoms with Gasteiger partial charge in [-0.25, -0.2) is 0 Å². The predicted octanol–water partition coefficient (Wildman–Crippen LogP) is 1.96. The van der Waals surface area contributed by atoms with E-state index in [9.17, 15) is 9.90 Å². The molecule has 0 aliphatic heterocycles. The molecule has 4 N–H and O–H groups in total. The van der Waals surface area contributed by atoms with E-state index in [1.54, 1.807) is 24.3 Å². The molecule has 20 heavy (non-hydrogen) atoms. The van der Waals surface area contributed by atoms with Crippen molar-refractivity contribution in [3.8, 4) is 5.75 Å². The molecule has 1 aliphatic carbocycles. The smallest absolute Gasteiger partial charge is 0.237 e. The Labute approximate surface area is 120 Å². The van der Waals surface area contributed by atoms with Gasteiger partial charge in [0.25, 0.3) is 0 Å². The summed E-state index contributed by atoms with van der Waals surface area (Å²) in [5.41, 5.74) is 6.89. The maximum Gasteiger partial charge on any atom is 0.237 e.